The van der Waals surface area contributed by atoms with Crippen LogP contribution in [0.25, 0.3) is 0 Å². The van der Waals surface area contributed by atoms with Crippen LogP contribution >= 0.6 is 0 Å². The molecule has 1 aliphatic heterocycles. The molecule has 5 rings (SSSR count). The second-order valence-corrected chi connectivity index (χ2v) is 8.31. The normalized spacial score (nSPS) is 16.8. The van der Waals surface area contributed by atoms with Gasteiger partial charge in [0.05, 0.1) is 17.1 Å². The summed E-state index contributed by atoms with van der Waals surface area (Å²) in [6, 6.07) is 11.3. The summed E-state index contributed by atoms with van der Waals surface area (Å²) in [5, 5.41) is 2.83. The lowest BCUT2D eigenvalue weighted by Gasteiger charge is -2.39. The lowest BCUT2D eigenvalue weighted by atomic mass is 9.64. The molecule has 32 heavy (non-hydrogen) atoms. The van der Waals surface area contributed by atoms with Crippen LogP contribution in [0.5, 0.6) is 0 Å². The Bertz CT molecular complexity index is 1200. The zero-order valence-corrected chi connectivity index (χ0v) is 17.6. The average Bonchev–Trinajstić information content (AvgIpc) is 2.77. The molecule has 1 aliphatic carbocycles. The molecule has 1 fully saturated rings. The number of carbonyl (C=O) groups is 2. The van der Waals surface area contributed by atoms with E-state index in [4.69, 9.17) is 4.98 Å². The molecule has 0 bridgehead atoms. The molecule has 7 nitrogen and oxygen atoms in total. The number of anilines is 3. The van der Waals surface area contributed by atoms with Gasteiger partial charge in [0.25, 0.3) is 0 Å². The predicted molar refractivity (Wildman–Crippen MR) is 117 cm³/mol. The van der Waals surface area contributed by atoms with Crippen LogP contribution < -0.4 is 10.2 Å². The van der Waals surface area contributed by atoms with Crippen LogP contribution in [0.15, 0.2) is 48.7 Å². The second-order valence-electron chi connectivity index (χ2n) is 8.31. The van der Waals surface area contributed by atoms with Crippen LogP contribution in [-0.2, 0) is 21.4 Å². The molecule has 0 spiro atoms. The van der Waals surface area contributed by atoms with Gasteiger partial charge in [-0.15, -0.1) is 0 Å². The quantitative estimate of drug-likeness (QED) is 0.679. The van der Waals surface area contributed by atoms with Crippen molar-refractivity contribution < 1.29 is 14.0 Å². The average molecular weight is 431 g/mol. The predicted octanol–water partition coefficient (Wildman–Crippen LogP) is 3.64. The minimum absolute atomic E-state index is 0.0249. The standard InChI is InChI=1S/C24H22FN5O2/c1-15-26-11-10-22(27-15)30-12-2-3-19-20(30)8-9-21(29-19)24(13-18(31)14-24)23(32)28-17-6-4-16(25)5-7-17/h4-11H,2-3,12-14H2,1H3,(H,28,32). The van der Waals surface area contributed by atoms with Gasteiger partial charge in [0.15, 0.2) is 0 Å². The van der Waals surface area contributed by atoms with Crippen molar-refractivity contribution in [2.45, 2.75) is 38.0 Å². The molecule has 8 heteroatoms. The maximum Gasteiger partial charge on any atom is 0.237 e. The molecule has 3 aromatic rings. The van der Waals surface area contributed by atoms with Gasteiger partial charge in [0, 0.05) is 31.3 Å². The van der Waals surface area contributed by atoms with Crippen LogP contribution in [0.4, 0.5) is 21.6 Å². The van der Waals surface area contributed by atoms with Gasteiger partial charge >= 0.3 is 0 Å². The van der Waals surface area contributed by atoms with Crippen LogP contribution in [0.3, 0.4) is 0 Å². The summed E-state index contributed by atoms with van der Waals surface area (Å²) in [5.41, 5.74) is 1.92. The highest BCUT2D eigenvalue weighted by molar-refractivity contribution is 6.09. The molecule has 0 atom stereocenters. The number of nitrogens with one attached hydrogen (secondary N) is 1. The molecular formula is C24H22FN5O2. The summed E-state index contributed by atoms with van der Waals surface area (Å²) in [6.07, 6.45) is 3.65. The maximum absolute atomic E-state index is 13.2. The molecule has 1 aromatic carbocycles. The molecule has 2 aliphatic rings. The van der Waals surface area contributed by atoms with Crippen molar-refractivity contribution in [1.29, 1.82) is 0 Å². The minimum Gasteiger partial charge on any atom is -0.325 e. The number of Topliss-reactive ketones (excluding diaryl/α,β-unsaturated/α-hetero) is 1. The zero-order valence-electron chi connectivity index (χ0n) is 17.6. The molecule has 0 radical (unpaired) electrons. The lowest BCUT2D eigenvalue weighted by molar-refractivity contribution is -0.138. The molecule has 3 heterocycles. The van der Waals surface area contributed by atoms with Crippen molar-refractivity contribution in [3.63, 3.8) is 0 Å². The summed E-state index contributed by atoms with van der Waals surface area (Å²) >= 11 is 0. The fourth-order valence-electron chi connectivity index (χ4n) is 4.41. The van der Waals surface area contributed by atoms with Crippen LogP contribution in [0, 0.1) is 12.7 Å². The number of carbonyl (C=O) groups excluding carboxylic acids is 2. The van der Waals surface area contributed by atoms with E-state index in [1.165, 1.54) is 24.3 Å². The first-order valence-corrected chi connectivity index (χ1v) is 10.6. The SMILES string of the molecule is Cc1nccc(N2CCCc3nc(C4(C(=O)Nc5ccc(F)cc5)CC(=O)C4)ccc32)n1. The van der Waals surface area contributed by atoms with Crippen molar-refractivity contribution in [3.05, 3.63) is 71.7 Å². The molecule has 1 amide bonds. The Kier molecular flexibility index (Phi) is 4.92. The highest BCUT2D eigenvalue weighted by Gasteiger charge is 2.52. The third kappa shape index (κ3) is 3.51. The summed E-state index contributed by atoms with van der Waals surface area (Å²) < 4.78 is 13.2. The Hall–Kier alpha value is -3.68. The number of amides is 1. The molecule has 162 valence electrons. The van der Waals surface area contributed by atoms with E-state index in [2.05, 4.69) is 20.2 Å². The van der Waals surface area contributed by atoms with Gasteiger partial charge in [-0.1, -0.05) is 0 Å². The number of rotatable bonds is 4. The summed E-state index contributed by atoms with van der Waals surface area (Å²) in [6.45, 7) is 2.67. The van der Waals surface area contributed by atoms with Crippen molar-refractivity contribution >= 4 is 28.9 Å². The van der Waals surface area contributed by atoms with Crippen molar-refractivity contribution in [2.24, 2.45) is 0 Å². The Morgan fingerprint density at radius 1 is 1.09 bits per heavy atom. The number of aryl methyl sites for hydroxylation is 2. The van der Waals surface area contributed by atoms with Crippen LogP contribution in [0.1, 0.15) is 36.5 Å². The highest BCUT2D eigenvalue weighted by atomic mass is 19.1. The number of fused-ring (bicyclic) bond motifs is 1. The van der Waals surface area contributed by atoms with Gasteiger partial charge in [-0.05, 0) is 62.2 Å². The van der Waals surface area contributed by atoms with E-state index < -0.39 is 5.41 Å². The summed E-state index contributed by atoms with van der Waals surface area (Å²) in [7, 11) is 0. The molecule has 2 aromatic heterocycles. The minimum atomic E-state index is -1.01. The maximum atomic E-state index is 13.2. The third-order valence-corrected chi connectivity index (χ3v) is 6.10. The number of hydrogen-bond donors (Lipinski definition) is 1. The number of halogens is 1. The summed E-state index contributed by atoms with van der Waals surface area (Å²) in [5.74, 6) is 0.864. The van der Waals surface area contributed by atoms with Gasteiger partial charge in [0.2, 0.25) is 5.91 Å². The molecule has 1 saturated carbocycles. The second kappa shape index (κ2) is 7.78. The van der Waals surface area contributed by atoms with Crippen molar-refractivity contribution in [1.82, 2.24) is 15.0 Å². The van der Waals surface area contributed by atoms with E-state index in [0.29, 0.717) is 17.2 Å². The third-order valence-electron chi connectivity index (χ3n) is 6.10. The largest absolute Gasteiger partial charge is 0.325 e. The lowest BCUT2D eigenvalue weighted by Crippen LogP contribution is -2.51. The van der Waals surface area contributed by atoms with Crippen LogP contribution in [-0.4, -0.2) is 33.2 Å². The van der Waals surface area contributed by atoms with Gasteiger partial charge in [-0.3, -0.25) is 14.6 Å². The fraction of sp³-hybridized carbons (Fsp3) is 0.292. The Balaban J connectivity index is 1.47. The number of nitrogens with zero attached hydrogens (tertiary/aromatic N) is 4. The zero-order chi connectivity index (χ0) is 22.3. The molecule has 0 unspecified atom stereocenters. The van der Waals surface area contributed by atoms with Gasteiger partial charge in [-0.2, -0.15) is 0 Å². The fourth-order valence-corrected chi connectivity index (χ4v) is 4.41. The van der Waals surface area contributed by atoms with Gasteiger partial charge < -0.3 is 10.2 Å². The van der Waals surface area contributed by atoms with Crippen molar-refractivity contribution in [2.75, 3.05) is 16.8 Å². The van der Waals surface area contributed by atoms with E-state index in [9.17, 15) is 14.0 Å². The van der Waals surface area contributed by atoms with E-state index in [1.54, 1.807) is 6.20 Å². The Morgan fingerprint density at radius 2 is 1.88 bits per heavy atom. The topological polar surface area (TPSA) is 88.1 Å². The van der Waals surface area contributed by atoms with E-state index in [-0.39, 0.29) is 30.3 Å². The number of aromatic nitrogens is 3. The molecule has 1 N–H and O–H groups in total. The summed E-state index contributed by atoms with van der Waals surface area (Å²) in [4.78, 5) is 40.9. The highest BCUT2D eigenvalue weighted by Crippen LogP contribution is 2.43. The van der Waals surface area contributed by atoms with E-state index >= 15 is 0 Å². The first-order valence-electron chi connectivity index (χ1n) is 10.6. The van der Waals surface area contributed by atoms with Crippen LogP contribution in [0.2, 0.25) is 0 Å². The number of hydrogen-bond acceptors (Lipinski definition) is 6. The van der Waals surface area contributed by atoms with Crippen molar-refractivity contribution in [3.8, 4) is 0 Å². The van der Waals surface area contributed by atoms with E-state index in [1.807, 2.05) is 25.1 Å². The number of ketones is 1. The Morgan fingerprint density at radius 3 is 2.59 bits per heavy atom. The monoisotopic (exact) mass is 431 g/mol. The number of pyridine rings is 1. The Labute approximate surface area is 184 Å². The molecule has 0 saturated heterocycles. The van der Waals surface area contributed by atoms with E-state index in [0.717, 1.165) is 36.6 Å². The first-order chi connectivity index (χ1) is 15.4. The smallest absolute Gasteiger partial charge is 0.237 e. The van der Waals surface area contributed by atoms with Gasteiger partial charge in [-0.25, -0.2) is 14.4 Å². The number of benzene rings is 1. The first kappa shape index (κ1) is 20.2. The van der Waals surface area contributed by atoms with Gasteiger partial charge in [0.1, 0.15) is 28.7 Å². The molecular weight excluding hydrogens is 409 g/mol.